The first kappa shape index (κ1) is 16.5. The SMILES string of the molecule is C[C@@H]1CN(c2ncc(C(=O)N3CCCCC3)cc2Cl)C[C@H](C)O1. The van der Waals surface area contributed by atoms with Crippen LogP contribution in [0.3, 0.4) is 0 Å². The third-order valence-corrected chi connectivity index (χ3v) is 4.71. The van der Waals surface area contributed by atoms with Crippen LogP contribution in [0.2, 0.25) is 5.02 Å². The molecule has 5 nitrogen and oxygen atoms in total. The molecule has 2 saturated heterocycles. The number of rotatable bonds is 2. The summed E-state index contributed by atoms with van der Waals surface area (Å²) < 4.78 is 5.75. The van der Waals surface area contributed by atoms with Crippen LogP contribution in [0.15, 0.2) is 12.3 Å². The van der Waals surface area contributed by atoms with E-state index < -0.39 is 0 Å². The summed E-state index contributed by atoms with van der Waals surface area (Å²) in [5, 5.41) is 0.536. The van der Waals surface area contributed by atoms with Gasteiger partial charge in [-0.15, -0.1) is 0 Å². The third kappa shape index (κ3) is 3.78. The Morgan fingerprint density at radius 1 is 1.22 bits per heavy atom. The first-order valence-corrected chi connectivity index (χ1v) is 8.77. The van der Waals surface area contributed by atoms with Crippen LogP contribution in [0, 0.1) is 0 Å². The number of morpholine rings is 1. The highest BCUT2D eigenvalue weighted by Gasteiger charge is 2.26. The summed E-state index contributed by atoms with van der Waals surface area (Å²) in [4.78, 5) is 21.0. The van der Waals surface area contributed by atoms with E-state index in [1.54, 1.807) is 12.3 Å². The molecule has 23 heavy (non-hydrogen) atoms. The van der Waals surface area contributed by atoms with Gasteiger partial charge in [0.2, 0.25) is 0 Å². The zero-order valence-corrected chi connectivity index (χ0v) is 14.6. The quantitative estimate of drug-likeness (QED) is 0.832. The van der Waals surface area contributed by atoms with E-state index in [9.17, 15) is 4.79 Å². The molecular weight excluding hydrogens is 314 g/mol. The lowest BCUT2D eigenvalue weighted by molar-refractivity contribution is -0.00545. The van der Waals surface area contributed by atoms with Crippen molar-refractivity contribution in [3.8, 4) is 0 Å². The Bertz CT molecular complexity index is 565. The van der Waals surface area contributed by atoms with Gasteiger partial charge < -0.3 is 14.5 Å². The van der Waals surface area contributed by atoms with Crippen LogP contribution in [0.1, 0.15) is 43.5 Å². The van der Waals surface area contributed by atoms with Gasteiger partial charge in [0.1, 0.15) is 5.82 Å². The Morgan fingerprint density at radius 3 is 2.48 bits per heavy atom. The van der Waals surface area contributed by atoms with Crippen molar-refractivity contribution in [3.05, 3.63) is 22.8 Å². The smallest absolute Gasteiger partial charge is 0.255 e. The highest BCUT2D eigenvalue weighted by molar-refractivity contribution is 6.33. The fraction of sp³-hybridized carbons (Fsp3) is 0.647. The van der Waals surface area contributed by atoms with Crippen molar-refractivity contribution in [1.82, 2.24) is 9.88 Å². The molecule has 1 aromatic heterocycles. The first-order valence-electron chi connectivity index (χ1n) is 8.40. The predicted octanol–water partition coefficient (Wildman–Crippen LogP) is 2.97. The Kier molecular flexibility index (Phi) is 5.07. The normalized spacial score (nSPS) is 25.5. The van der Waals surface area contributed by atoms with E-state index >= 15 is 0 Å². The molecular formula is C17H24ClN3O2. The van der Waals surface area contributed by atoms with Crippen LogP contribution in [0.25, 0.3) is 0 Å². The van der Waals surface area contributed by atoms with Gasteiger partial charge in [0, 0.05) is 32.4 Å². The molecule has 3 heterocycles. The number of hydrogen-bond acceptors (Lipinski definition) is 4. The molecule has 3 rings (SSSR count). The maximum atomic E-state index is 12.5. The molecule has 0 N–H and O–H groups in total. The molecule has 1 amide bonds. The molecule has 0 aliphatic carbocycles. The zero-order valence-electron chi connectivity index (χ0n) is 13.8. The molecule has 126 valence electrons. The number of piperidine rings is 1. The van der Waals surface area contributed by atoms with Gasteiger partial charge in [-0.3, -0.25) is 4.79 Å². The van der Waals surface area contributed by atoms with Gasteiger partial charge in [-0.1, -0.05) is 11.6 Å². The number of ether oxygens (including phenoxy) is 1. The number of anilines is 1. The van der Waals surface area contributed by atoms with Gasteiger partial charge in [0.25, 0.3) is 5.91 Å². The predicted molar refractivity (Wildman–Crippen MR) is 91.2 cm³/mol. The molecule has 1 aromatic rings. The lowest BCUT2D eigenvalue weighted by Crippen LogP contribution is -2.46. The van der Waals surface area contributed by atoms with Gasteiger partial charge in [0.05, 0.1) is 22.8 Å². The number of halogens is 1. The van der Waals surface area contributed by atoms with Crippen LogP contribution in [0.5, 0.6) is 0 Å². The van der Waals surface area contributed by atoms with Gasteiger partial charge in [0.15, 0.2) is 0 Å². The first-order chi connectivity index (χ1) is 11.0. The topological polar surface area (TPSA) is 45.7 Å². The number of hydrogen-bond donors (Lipinski definition) is 0. The Labute approximate surface area is 142 Å². The molecule has 0 spiro atoms. The Balaban J connectivity index is 1.76. The highest BCUT2D eigenvalue weighted by Crippen LogP contribution is 2.27. The third-order valence-electron chi connectivity index (χ3n) is 4.43. The number of aromatic nitrogens is 1. The number of likely N-dealkylation sites (tertiary alicyclic amines) is 1. The minimum absolute atomic E-state index is 0.0364. The molecule has 0 unspecified atom stereocenters. The summed E-state index contributed by atoms with van der Waals surface area (Å²) in [6.07, 6.45) is 5.30. The Morgan fingerprint density at radius 2 is 1.87 bits per heavy atom. The van der Waals surface area contributed by atoms with E-state index in [1.165, 1.54) is 6.42 Å². The van der Waals surface area contributed by atoms with Gasteiger partial charge in [-0.2, -0.15) is 0 Å². The van der Waals surface area contributed by atoms with Crippen molar-refractivity contribution in [2.45, 2.75) is 45.3 Å². The van der Waals surface area contributed by atoms with Gasteiger partial charge in [-0.25, -0.2) is 4.98 Å². The van der Waals surface area contributed by atoms with Gasteiger partial charge >= 0.3 is 0 Å². The number of carbonyl (C=O) groups excluding carboxylic acids is 1. The fourth-order valence-electron chi connectivity index (χ4n) is 3.41. The molecule has 0 aromatic carbocycles. The number of carbonyl (C=O) groups is 1. The van der Waals surface area contributed by atoms with E-state index in [1.807, 2.05) is 18.7 Å². The van der Waals surface area contributed by atoms with Crippen molar-refractivity contribution in [2.24, 2.45) is 0 Å². The zero-order chi connectivity index (χ0) is 16.4. The molecule has 2 aliphatic heterocycles. The van der Waals surface area contributed by atoms with Crippen LogP contribution in [-0.2, 0) is 4.74 Å². The Hall–Kier alpha value is -1.33. The van der Waals surface area contributed by atoms with Crippen molar-refractivity contribution in [3.63, 3.8) is 0 Å². The number of nitrogens with zero attached hydrogens (tertiary/aromatic N) is 3. The largest absolute Gasteiger partial charge is 0.372 e. The van der Waals surface area contributed by atoms with Crippen LogP contribution in [0.4, 0.5) is 5.82 Å². The van der Waals surface area contributed by atoms with Crippen LogP contribution < -0.4 is 4.90 Å². The summed E-state index contributed by atoms with van der Waals surface area (Å²) in [5.41, 5.74) is 0.579. The van der Waals surface area contributed by atoms with E-state index in [2.05, 4.69) is 9.88 Å². The van der Waals surface area contributed by atoms with E-state index in [-0.39, 0.29) is 18.1 Å². The summed E-state index contributed by atoms with van der Waals surface area (Å²) >= 11 is 6.43. The number of amides is 1. The van der Waals surface area contributed by atoms with E-state index in [0.717, 1.165) is 44.8 Å². The van der Waals surface area contributed by atoms with Crippen LogP contribution in [-0.4, -0.2) is 54.2 Å². The molecule has 2 atom stereocenters. The molecule has 0 saturated carbocycles. The summed E-state index contributed by atoms with van der Waals surface area (Å²) in [7, 11) is 0. The second-order valence-corrected chi connectivity index (χ2v) is 6.95. The average molecular weight is 338 g/mol. The van der Waals surface area contributed by atoms with Crippen molar-refractivity contribution in [1.29, 1.82) is 0 Å². The lowest BCUT2D eigenvalue weighted by Gasteiger charge is -2.36. The van der Waals surface area contributed by atoms with E-state index in [0.29, 0.717) is 10.6 Å². The van der Waals surface area contributed by atoms with Crippen LogP contribution >= 0.6 is 11.6 Å². The second kappa shape index (κ2) is 7.05. The molecule has 2 fully saturated rings. The minimum atomic E-state index is 0.0364. The number of pyridine rings is 1. The molecule has 0 radical (unpaired) electrons. The molecule has 0 bridgehead atoms. The van der Waals surface area contributed by atoms with Gasteiger partial charge in [-0.05, 0) is 39.2 Å². The van der Waals surface area contributed by atoms with E-state index in [4.69, 9.17) is 16.3 Å². The highest BCUT2D eigenvalue weighted by atomic mass is 35.5. The second-order valence-electron chi connectivity index (χ2n) is 6.54. The molecule has 6 heteroatoms. The maximum Gasteiger partial charge on any atom is 0.255 e. The minimum Gasteiger partial charge on any atom is -0.372 e. The monoisotopic (exact) mass is 337 g/mol. The summed E-state index contributed by atoms with van der Waals surface area (Å²) in [5.74, 6) is 0.776. The average Bonchev–Trinajstić information content (AvgIpc) is 2.54. The summed E-state index contributed by atoms with van der Waals surface area (Å²) in [6.45, 7) is 7.27. The van der Waals surface area contributed by atoms with Crippen molar-refractivity contribution in [2.75, 3.05) is 31.1 Å². The summed E-state index contributed by atoms with van der Waals surface area (Å²) in [6, 6.07) is 1.76. The van der Waals surface area contributed by atoms with Crippen molar-refractivity contribution < 1.29 is 9.53 Å². The maximum absolute atomic E-state index is 12.5. The molecule has 2 aliphatic rings. The lowest BCUT2D eigenvalue weighted by atomic mass is 10.1. The fourth-order valence-corrected chi connectivity index (χ4v) is 3.70. The van der Waals surface area contributed by atoms with Crippen molar-refractivity contribution >= 4 is 23.3 Å². The standard InChI is InChI=1S/C17H24ClN3O2/c1-12-10-21(11-13(2)23-12)16-15(18)8-14(9-19-16)17(22)20-6-4-3-5-7-20/h8-9,12-13H,3-7,10-11H2,1-2H3/t12-,13+.